The molecule has 0 bridgehead atoms. The fourth-order valence-electron chi connectivity index (χ4n) is 2.88. The Labute approximate surface area is 167 Å². The lowest BCUT2D eigenvalue weighted by molar-refractivity contribution is 0.0277. The van der Waals surface area contributed by atoms with E-state index in [0.29, 0.717) is 6.10 Å². The minimum absolute atomic E-state index is 0. The van der Waals surface area contributed by atoms with Crippen molar-refractivity contribution in [1.29, 1.82) is 0 Å². The molecule has 0 atom stereocenters. The molecule has 0 spiro atoms. The largest absolute Gasteiger partial charge is 0.378 e. The van der Waals surface area contributed by atoms with Crippen molar-refractivity contribution in [2.24, 2.45) is 4.99 Å². The van der Waals surface area contributed by atoms with E-state index in [9.17, 15) is 0 Å². The molecule has 1 aromatic heterocycles. The third kappa shape index (κ3) is 7.65. The molecule has 1 saturated carbocycles. The van der Waals surface area contributed by atoms with Crippen LogP contribution in [-0.4, -0.2) is 37.2 Å². The fourth-order valence-corrected chi connectivity index (χ4v) is 3.76. The molecule has 1 heterocycles. The van der Waals surface area contributed by atoms with Gasteiger partial charge in [-0.3, -0.25) is 4.99 Å². The average Bonchev–Trinajstić information content (AvgIpc) is 2.88. The van der Waals surface area contributed by atoms with Crippen molar-refractivity contribution in [2.75, 3.05) is 20.2 Å². The highest BCUT2D eigenvalue weighted by Gasteiger charge is 2.13. The van der Waals surface area contributed by atoms with Crippen LogP contribution in [0.15, 0.2) is 4.99 Å². The monoisotopic (exact) mass is 466 g/mol. The summed E-state index contributed by atoms with van der Waals surface area (Å²) < 4.78 is 5.94. The van der Waals surface area contributed by atoms with E-state index in [2.05, 4.69) is 27.5 Å². The number of aliphatic imine (C=N–C) groups is 1. The quantitative estimate of drug-likeness (QED) is 0.278. The Hall–Kier alpha value is -0.410. The second-order valence-electron chi connectivity index (χ2n) is 6.08. The molecule has 0 aliphatic heterocycles. The number of nitrogens with zero attached hydrogens (tertiary/aromatic N) is 2. The molecule has 1 aromatic rings. The second kappa shape index (κ2) is 12.0. The third-order valence-corrected chi connectivity index (χ3v) is 5.23. The zero-order valence-corrected chi connectivity index (χ0v) is 18.2. The first kappa shape index (κ1) is 21.6. The summed E-state index contributed by atoms with van der Waals surface area (Å²) in [5.74, 6) is 0.841. The van der Waals surface area contributed by atoms with E-state index < -0.39 is 0 Å². The van der Waals surface area contributed by atoms with Crippen molar-refractivity contribution >= 4 is 41.3 Å². The Balaban J connectivity index is 0.00000288. The summed E-state index contributed by atoms with van der Waals surface area (Å²) in [4.78, 5) is 9.98. The van der Waals surface area contributed by atoms with E-state index >= 15 is 0 Å². The number of aromatic nitrogens is 1. The molecule has 0 saturated heterocycles. The van der Waals surface area contributed by atoms with Crippen LogP contribution in [0.1, 0.15) is 54.1 Å². The lowest BCUT2D eigenvalue weighted by atomic mass is 9.98. The van der Waals surface area contributed by atoms with Crippen molar-refractivity contribution in [2.45, 2.75) is 65.0 Å². The van der Waals surface area contributed by atoms with Gasteiger partial charge in [-0.05, 0) is 33.1 Å². The van der Waals surface area contributed by atoms with Crippen LogP contribution in [-0.2, 0) is 11.3 Å². The van der Waals surface area contributed by atoms with Gasteiger partial charge in [0.1, 0.15) is 0 Å². The van der Waals surface area contributed by atoms with Crippen LogP contribution in [0.25, 0.3) is 0 Å². The molecule has 7 heteroatoms. The number of guanidine groups is 1. The molecule has 2 rings (SSSR count). The number of aryl methyl sites for hydroxylation is 2. The summed E-state index contributed by atoms with van der Waals surface area (Å²) in [5.41, 5.74) is 1.11. The van der Waals surface area contributed by atoms with E-state index in [1.165, 1.54) is 37.0 Å². The summed E-state index contributed by atoms with van der Waals surface area (Å²) in [6.07, 6.45) is 8.03. The highest BCUT2D eigenvalue weighted by atomic mass is 127. The number of hydrogen-bond acceptors (Lipinski definition) is 4. The Morgan fingerprint density at radius 2 is 2.00 bits per heavy atom. The number of halogens is 1. The van der Waals surface area contributed by atoms with Gasteiger partial charge in [-0.25, -0.2) is 4.98 Å². The highest BCUT2D eigenvalue weighted by Crippen LogP contribution is 2.20. The molecular formula is C17H31IN4OS. The van der Waals surface area contributed by atoms with Gasteiger partial charge in [0, 0.05) is 25.1 Å². The van der Waals surface area contributed by atoms with Crippen LogP contribution >= 0.6 is 35.3 Å². The number of ether oxygens (including phenoxy) is 1. The number of thiazole rings is 1. The summed E-state index contributed by atoms with van der Waals surface area (Å²) in [5, 5.41) is 7.81. The lowest BCUT2D eigenvalue weighted by Gasteiger charge is -2.22. The molecule has 0 aromatic carbocycles. The maximum Gasteiger partial charge on any atom is 0.191 e. The molecule has 5 nitrogen and oxygen atoms in total. The van der Waals surface area contributed by atoms with Crippen LogP contribution in [0.2, 0.25) is 0 Å². The normalized spacial score (nSPS) is 15.9. The standard InChI is InChI=1S/C17H30N4OS.HI/c1-13-16(23-14(2)21-13)12-20-17(18-3)19-10-7-11-22-15-8-5-4-6-9-15;/h15H,4-12H2,1-3H3,(H2,18,19,20);1H. The summed E-state index contributed by atoms with van der Waals surface area (Å²) in [6, 6.07) is 0. The van der Waals surface area contributed by atoms with E-state index in [0.717, 1.165) is 42.8 Å². The average molecular weight is 466 g/mol. The van der Waals surface area contributed by atoms with Crippen molar-refractivity contribution < 1.29 is 4.74 Å². The van der Waals surface area contributed by atoms with Gasteiger partial charge in [0.05, 0.1) is 23.4 Å². The maximum absolute atomic E-state index is 5.94. The van der Waals surface area contributed by atoms with Crippen LogP contribution in [0.5, 0.6) is 0 Å². The van der Waals surface area contributed by atoms with E-state index in [4.69, 9.17) is 4.74 Å². The van der Waals surface area contributed by atoms with Crippen molar-refractivity contribution in [1.82, 2.24) is 15.6 Å². The minimum atomic E-state index is 0. The number of rotatable bonds is 7. The Morgan fingerprint density at radius 1 is 1.25 bits per heavy atom. The highest BCUT2D eigenvalue weighted by molar-refractivity contribution is 14.0. The van der Waals surface area contributed by atoms with E-state index in [1.807, 2.05) is 6.92 Å². The predicted octanol–water partition coefficient (Wildman–Crippen LogP) is 3.78. The van der Waals surface area contributed by atoms with Crippen molar-refractivity contribution in [3.63, 3.8) is 0 Å². The fraction of sp³-hybridized carbons (Fsp3) is 0.765. The third-order valence-electron chi connectivity index (χ3n) is 4.16. The lowest BCUT2D eigenvalue weighted by Crippen LogP contribution is -2.37. The van der Waals surface area contributed by atoms with Gasteiger partial charge in [-0.15, -0.1) is 35.3 Å². The summed E-state index contributed by atoms with van der Waals surface area (Å²) >= 11 is 1.74. The molecular weight excluding hydrogens is 435 g/mol. The van der Waals surface area contributed by atoms with E-state index in [1.54, 1.807) is 18.4 Å². The van der Waals surface area contributed by atoms with E-state index in [-0.39, 0.29) is 24.0 Å². The molecule has 0 unspecified atom stereocenters. The van der Waals surface area contributed by atoms with Gasteiger partial charge in [0.25, 0.3) is 0 Å². The molecule has 0 amide bonds. The van der Waals surface area contributed by atoms with Crippen LogP contribution in [0.4, 0.5) is 0 Å². The first-order valence-corrected chi connectivity index (χ1v) is 9.49. The molecule has 2 N–H and O–H groups in total. The SMILES string of the molecule is CN=C(NCCCOC1CCCCC1)NCc1sc(C)nc1C.I. The Bertz CT molecular complexity index is 501. The first-order chi connectivity index (χ1) is 11.2. The zero-order chi connectivity index (χ0) is 16.5. The minimum Gasteiger partial charge on any atom is -0.378 e. The predicted molar refractivity (Wildman–Crippen MR) is 113 cm³/mol. The van der Waals surface area contributed by atoms with Crippen molar-refractivity contribution in [3.05, 3.63) is 15.6 Å². The van der Waals surface area contributed by atoms with Crippen molar-refractivity contribution in [3.8, 4) is 0 Å². The molecule has 24 heavy (non-hydrogen) atoms. The molecule has 1 aliphatic carbocycles. The maximum atomic E-state index is 5.94. The van der Waals surface area contributed by atoms with Crippen LogP contribution in [0, 0.1) is 13.8 Å². The molecule has 1 fully saturated rings. The number of hydrogen-bond donors (Lipinski definition) is 2. The van der Waals surface area contributed by atoms with Gasteiger partial charge < -0.3 is 15.4 Å². The summed E-state index contributed by atoms with van der Waals surface area (Å²) in [7, 11) is 1.80. The molecule has 138 valence electrons. The topological polar surface area (TPSA) is 58.5 Å². The van der Waals surface area contributed by atoms with Gasteiger partial charge >= 0.3 is 0 Å². The number of nitrogens with one attached hydrogen (secondary N) is 2. The van der Waals surface area contributed by atoms with Gasteiger partial charge in [0.2, 0.25) is 0 Å². The Kier molecular flexibility index (Phi) is 10.8. The van der Waals surface area contributed by atoms with Gasteiger partial charge in [-0.1, -0.05) is 19.3 Å². The van der Waals surface area contributed by atoms with Crippen LogP contribution in [0.3, 0.4) is 0 Å². The van der Waals surface area contributed by atoms with Gasteiger partial charge in [-0.2, -0.15) is 0 Å². The Morgan fingerprint density at radius 3 is 2.62 bits per heavy atom. The summed E-state index contributed by atoms with van der Waals surface area (Å²) in [6.45, 7) is 6.59. The molecule has 1 aliphatic rings. The first-order valence-electron chi connectivity index (χ1n) is 8.68. The molecule has 0 radical (unpaired) electrons. The second-order valence-corrected chi connectivity index (χ2v) is 7.37. The van der Waals surface area contributed by atoms with Crippen LogP contribution < -0.4 is 10.6 Å². The zero-order valence-electron chi connectivity index (χ0n) is 15.1. The smallest absolute Gasteiger partial charge is 0.191 e. The van der Waals surface area contributed by atoms with Gasteiger partial charge in [0.15, 0.2) is 5.96 Å².